The van der Waals surface area contributed by atoms with Crippen molar-refractivity contribution in [2.75, 3.05) is 6.54 Å². The van der Waals surface area contributed by atoms with Gasteiger partial charge in [0.2, 0.25) is 0 Å². The molecule has 0 saturated heterocycles. The van der Waals surface area contributed by atoms with E-state index in [1.54, 1.807) is 11.1 Å². The Kier molecular flexibility index (Phi) is 5.43. The van der Waals surface area contributed by atoms with E-state index in [9.17, 15) is 5.11 Å². The van der Waals surface area contributed by atoms with E-state index in [-0.39, 0.29) is 0 Å². The SMILES string of the molecule is CC1CCC(C(C)(O)CNCc2ccc3c(c2)CCCC3)CC1. The second-order valence-electron chi connectivity index (χ2n) is 8.23. The van der Waals surface area contributed by atoms with Crippen LogP contribution in [-0.4, -0.2) is 17.3 Å². The Bertz CT molecular complexity index is 515. The summed E-state index contributed by atoms with van der Waals surface area (Å²) in [6.07, 6.45) is 10.0. The van der Waals surface area contributed by atoms with Crippen LogP contribution in [0.3, 0.4) is 0 Å². The van der Waals surface area contributed by atoms with Crippen molar-refractivity contribution in [2.45, 2.75) is 77.4 Å². The molecule has 1 unspecified atom stereocenters. The Morgan fingerprint density at radius 2 is 1.78 bits per heavy atom. The molecule has 0 amide bonds. The summed E-state index contributed by atoms with van der Waals surface area (Å²) in [6.45, 7) is 5.92. The van der Waals surface area contributed by atoms with Crippen LogP contribution in [0.15, 0.2) is 18.2 Å². The third kappa shape index (κ3) is 4.36. The molecule has 0 radical (unpaired) electrons. The number of fused-ring (bicyclic) bond motifs is 1. The van der Waals surface area contributed by atoms with Crippen molar-refractivity contribution in [2.24, 2.45) is 11.8 Å². The minimum absolute atomic E-state index is 0.453. The third-order valence-corrected chi connectivity index (χ3v) is 6.12. The van der Waals surface area contributed by atoms with Gasteiger partial charge in [-0.2, -0.15) is 0 Å². The zero-order valence-corrected chi connectivity index (χ0v) is 14.9. The van der Waals surface area contributed by atoms with Crippen LogP contribution in [0.25, 0.3) is 0 Å². The Hall–Kier alpha value is -0.860. The predicted octanol–water partition coefficient (Wildman–Crippen LogP) is 4.23. The summed E-state index contributed by atoms with van der Waals surface area (Å²) in [7, 11) is 0. The minimum Gasteiger partial charge on any atom is -0.389 e. The topological polar surface area (TPSA) is 32.3 Å². The molecule has 2 N–H and O–H groups in total. The molecule has 1 aromatic carbocycles. The fourth-order valence-electron chi connectivity index (χ4n) is 4.38. The highest BCUT2D eigenvalue weighted by atomic mass is 16.3. The molecule has 0 aliphatic heterocycles. The van der Waals surface area contributed by atoms with Gasteiger partial charge in [0.1, 0.15) is 0 Å². The zero-order valence-electron chi connectivity index (χ0n) is 14.9. The van der Waals surface area contributed by atoms with Crippen molar-refractivity contribution >= 4 is 0 Å². The van der Waals surface area contributed by atoms with Gasteiger partial charge in [0, 0.05) is 13.1 Å². The summed E-state index contributed by atoms with van der Waals surface area (Å²) in [6, 6.07) is 6.94. The van der Waals surface area contributed by atoms with Gasteiger partial charge in [-0.05, 0) is 74.0 Å². The first-order valence-electron chi connectivity index (χ1n) is 9.58. The highest BCUT2D eigenvalue weighted by molar-refractivity contribution is 5.33. The molecular formula is C21H33NO. The monoisotopic (exact) mass is 315 g/mol. The molecule has 23 heavy (non-hydrogen) atoms. The van der Waals surface area contributed by atoms with Gasteiger partial charge in [-0.25, -0.2) is 0 Å². The van der Waals surface area contributed by atoms with E-state index in [1.165, 1.54) is 56.9 Å². The Balaban J connectivity index is 1.50. The highest BCUT2D eigenvalue weighted by Crippen LogP contribution is 2.35. The largest absolute Gasteiger partial charge is 0.389 e. The fraction of sp³-hybridized carbons (Fsp3) is 0.714. The second kappa shape index (κ2) is 7.36. The molecular weight excluding hydrogens is 282 g/mol. The number of nitrogens with one attached hydrogen (secondary N) is 1. The van der Waals surface area contributed by atoms with Gasteiger partial charge >= 0.3 is 0 Å². The molecule has 2 aliphatic rings. The summed E-state index contributed by atoms with van der Waals surface area (Å²) in [5, 5.41) is 14.3. The van der Waals surface area contributed by atoms with E-state index in [0.717, 1.165) is 12.5 Å². The fourth-order valence-corrected chi connectivity index (χ4v) is 4.38. The smallest absolute Gasteiger partial charge is 0.0771 e. The summed E-state index contributed by atoms with van der Waals surface area (Å²) >= 11 is 0. The van der Waals surface area contributed by atoms with Gasteiger partial charge in [0.15, 0.2) is 0 Å². The number of benzene rings is 1. The molecule has 2 heteroatoms. The molecule has 2 nitrogen and oxygen atoms in total. The van der Waals surface area contributed by atoms with Gasteiger partial charge in [0.05, 0.1) is 5.60 Å². The van der Waals surface area contributed by atoms with Crippen LogP contribution in [0.1, 0.15) is 69.1 Å². The summed E-state index contributed by atoms with van der Waals surface area (Å²) in [5.41, 5.74) is 3.87. The lowest BCUT2D eigenvalue weighted by atomic mass is 9.74. The van der Waals surface area contributed by atoms with Gasteiger partial charge in [0.25, 0.3) is 0 Å². The summed E-state index contributed by atoms with van der Waals surface area (Å²) < 4.78 is 0. The molecule has 1 fully saturated rings. The van der Waals surface area contributed by atoms with E-state index in [0.29, 0.717) is 12.5 Å². The Labute approximate surface area is 141 Å². The van der Waals surface area contributed by atoms with Crippen LogP contribution < -0.4 is 5.32 Å². The van der Waals surface area contributed by atoms with E-state index < -0.39 is 5.60 Å². The maximum absolute atomic E-state index is 10.8. The van der Waals surface area contributed by atoms with Gasteiger partial charge in [-0.3, -0.25) is 0 Å². The number of hydrogen-bond acceptors (Lipinski definition) is 2. The standard InChI is InChI=1S/C21H33NO/c1-16-7-11-20(12-8-16)21(2,23)15-22-14-17-9-10-18-5-3-4-6-19(18)13-17/h9-10,13,16,20,22-23H,3-8,11-12,14-15H2,1-2H3. The number of aryl methyl sites for hydroxylation is 2. The normalized spacial score (nSPS) is 27.3. The average molecular weight is 316 g/mol. The Morgan fingerprint density at radius 1 is 1.09 bits per heavy atom. The van der Waals surface area contributed by atoms with Crippen LogP contribution >= 0.6 is 0 Å². The maximum Gasteiger partial charge on any atom is 0.0771 e. The van der Waals surface area contributed by atoms with Crippen molar-refractivity contribution < 1.29 is 5.11 Å². The highest BCUT2D eigenvalue weighted by Gasteiger charge is 2.33. The predicted molar refractivity (Wildman–Crippen MR) is 96.5 cm³/mol. The molecule has 0 spiro atoms. The van der Waals surface area contributed by atoms with Crippen molar-refractivity contribution in [3.8, 4) is 0 Å². The quantitative estimate of drug-likeness (QED) is 0.852. The lowest BCUT2D eigenvalue weighted by Gasteiger charge is -2.37. The summed E-state index contributed by atoms with van der Waals surface area (Å²) in [4.78, 5) is 0. The third-order valence-electron chi connectivity index (χ3n) is 6.12. The molecule has 1 atom stereocenters. The van der Waals surface area contributed by atoms with Crippen LogP contribution in [-0.2, 0) is 19.4 Å². The number of hydrogen-bond donors (Lipinski definition) is 2. The molecule has 1 aromatic rings. The van der Waals surface area contributed by atoms with E-state index in [1.807, 2.05) is 6.92 Å². The van der Waals surface area contributed by atoms with Crippen LogP contribution in [0, 0.1) is 11.8 Å². The van der Waals surface area contributed by atoms with Crippen LogP contribution in [0.2, 0.25) is 0 Å². The van der Waals surface area contributed by atoms with E-state index in [2.05, 4.69) is 30.4 Å². The van der Waals surface area contributed by atoms with Crippen LogP contribution in [0.5, 0.6) is 0 Å². The lowest BCUT2D eigenvalue weighted by molar-refractivity contribution is -0.0203. The van der Waals surface area contributed by atoms with Crippen LogP contribution in [0.4, 0.5) is 0 Å². The van der Waals surface area contributed by atoms with Crippen molar-refractivity contribution in [3.05, 3.63) is 34.9 Å². The molecule has 128 valence electrons. The van der Waals surface area contributed by atoms with E-state index in [4.69, 9.17) is 0 Å². The molecule has 0 heterocycles. The number of rotatable bonds is 5. The van der Waals surface area contributed by atoms with Crippen molar-refractivity contribution in [3.63, 3.8) is 0 Å². The van der Waals surface area contributed by atoms with Gasteiger partial charge in [-0.1, -0.05) is 38.0 Å². The van der Waals surface area contributed by atoms with Crippen molar-refractivity contribution in [1.82, 2.24) is 5.32 Å². The molecule has 3 rings (SSSR count). The number of aliphatic hydroxyl groups is 1. The lowest BCUT2D eigenvalue weighted by Crippen LogP contribution is -2.45. The Morgan fingerprint density at radius 3 is 2.52 bits per heavy atom. The van der Waals surface area contributed by atoms with Gasteiger partial charge in [-0.15, -0.1) is 0 Å². The first-order valence-corrected chi connectivity index (χ1v) is 9.58. The van der Waals surface area contributed by atoms with Crippen molar-refractivity contribution in [1.29, 1.82) is 0 Å². The minimum atomic E-state index is -0.575. The first kappa shape index (κ1) is 17.0. The second-order valence-corrected chi connectivity index (χ2v) is 8.23. The molecule has 0 bridgehead atoms. The maximum atomic E-state index is 10.8. The molecule has 0 aromatic heterocycles. The summed E-state index contributed by atoms with van der Waals surface area (Å²) in [5.74, 6) is 1.29. The average Bonchev–Trinajstić information content (AvgIpc) is 2.55. The van der Waals surface area contributed by atoms with E-state index >= 15 is 0 Å². The molecule has 1 saturated carbocycles. The molecule has 2 aliphatic carbocycles. The van der Waals surface area contributed by atoms with Gasteiger partial charge < -0.3 is 10.4 Å². The zero-order chi connectivity index (χ0) is 16.3. The first-order chi connectivity index (χ1) is 11.0.